The summed E-state index contributed by atoms with van der Waals surface area (Å²) in [6.07, 6.45) is 0. The van der Waals surface area contributed by atoms with Crippen molar-refractivity contribution >= 4 is 34.8 Å². The van der Waals surface area contributed by atoms with E-state index >= 15 is 0 Å². The van der Waals surface area contributed by atoms with Crippen molar-refractivity contribution in [3.05, 3.63) is 48.5 Å². The number of methoxy groups -OCH3 is 6. The molecule has 202 valence electrons. The summed E-state index contributed by atoms with van der Waals surface area (Å²) in [7, 11) is 8.94. The molecule has 3 aromatic carbocycles. The molecular formula is C26H30N4O8. The van der Waals surface area contributed by atoms with Crippen LogP contribution >= 0.6 is 0 Å². The van der Waals surface area contributed by atoms with Gasteiger partial charge < -0.3 is 49.7 Å². The molecule has 0 heterocycles. The van der Waals surface area contributed by atoms with E-state index in [1.165, 1.54) is 42.7 Å². The van der Waals surface area contributed by atoms with Gasteiger partial charge in [-0.05, 0) is 24.3 Å². The van der Waals surface area contributed by atoms with Crippen LogP contribution in [0, 0.1) is 0 Å². The second-order valence-corrected chi connectivity index (χ2v) is 7.56. The minimum atomic E-state index is -0.486. The van der Waals surface area contributed by atoms with Crippen molar-refractivity contribution in [2.24, 2.45) is 0 Å². The molecule has 4 amide bonds. The summed E-state index contributed by atoms with van der Waals surface area (Å²) in [6.45, 7) is 0. The number of hydrogen-bond donors (Lipinski definition) is 4. The number of anilines is 4. The maximum absolute atomic E-state index is 12.5. The monoisotopic (exact) mass is 526 g/mol. The van der Waals surface area contributed by atoms with E-state index in [4.69, 9.17) is 28.4 Å². The molecule has 0 spiro atoms. The second-order valence-electron chi connectivity index (χ2n) is 7.56. The highest BCUT2D eigenvalue weighted by Crippen LogP contribution is 2.41. The molecule has 3 rings (SSSR count). The van der Waals surface area contributed by atoms with E-state index in [-0.39, 0.29) is 0 Å². The number of carbonyl (C=O) groups excluding carboxylic acids is 2. The van der Waals surface area contributed by atoms with E-state index in [0.717, 1.165) is 0 Å². The van der Waals surface area contributed by atoms with Gasteiger partial charge in [-0.1, -0.05) is 0 Å². The molecule has 0 fully saturated rings. The van der Waals surface area contributed by atoms with Gasteiger partial charge in [0.15, 0.2) is 23.0 Å². The van der Waals surface area contributed by atoms with Crippen LogP contribution in [0.4, 0.5) is 32.3 Å². The third-order valence-electron chi connectivity index (χ3n) is 5.25. The van der Waals surface area contributed by atoms with E-state index < -0.39 is 12.1 Å². The van der Waals surface area contributed by atoms with E-state index in [0.29, 0.717) is 57.2 Å². The third-order valence-corrected chi connectivity index (χ3v) is 5.25. The number of nitrogens with one attached hydrogen (secondary N) is 4. The predicted molar refractivity (Wildman–Crippen MR) is 144 cm³/mol. The third kappa shape index (κ3) is 6.60. The molecule has 0 aliphatic carbocycles. The molecule has 0 aromatic heterocycles. The number of benzene rings is 3. The zero-order valence-electron chi connectivity index (χ0n) is 21.9. The molecule has 12 nitrogen and oxygen atoms in total. The first-order valence-corrected chi connectivity index (χ1v) is 11.2. The molecular weight excluding hydrogens is 496 g/mol. The first-order valence-electron chi connectivity index (χ1n) is 11.2. The zero-order chi connectivity index (χ0) is 27.7. The molecule has 3 aromatic rings. The minimum absolute atomic E-state index is 0.405. The lowest BCUT2D eigenvalue weighted by atomic mass is 10.2. The summed E-state index contributed by atoms with van der Waals surface area (Å²) in [4.78, 5) is 25.0. The lowest BCUT2D eigenvalue weighted by Crippen LogP contribution is -2.20. The predicted octanol–water partition coefficient (Wildman–Crippen LogP) is 5.03. The molecule has 12 heteroatoms. The normalized spacial score (nSPS) is 10.1. The van der Waals surface area contributed by atoms with Crippen molar-refractivity contribution in [3.8, 4) is 34.5 Å². The smallest absolute Gasteiger partial charge is 0.323 e. The summed E-state index contributed by atoms with van der Waals surface area (Å²) in [6, 6.07) is 12.0. The van der Waals surface area contributed by atoms with Crippen LogP contribution < -0.4 is 49.7 Å². The van der Waals surface area contributed by atoms with Crippen molar-refractivity contribution in [1.29, 1.82) is 0 Å². The Labute approximate surface area is 220 Å². The van der Waals surface area contributed by atoms with Gasteiger partial charge >= 0.3 is 12.1 Å². The number of urea groups is 2. The van der Waals surface area contributed by atoms with Crippen LogP contribution in [0.5, 0.6) is 34.5 Å². The molecule has 0 unspecified atom stereocenters. The van der Waals surface area contributed by atoms with E-state index in [2.05, 4.69) is 21.3 Å². The number of rotatable bonds is 10. The summed E-state index contributed by atoms with van der Waals surface area (Å²) >= 11 is 0. The first kappa shape index (κ1) is 27.6. The summed E-state index contributed by atoms with van der Waals surface area (Å²) < 4.78 is 31.8. The topological polar surface area (TPSA) is 138 Å². The first-order chi connectivity index (χ1) is 18.3. The molecule has 0 aliphatic rings. The van der Waals surface area contributed by atoms with Crippen molar-refractivity contribution in [1.82, 2.24) is 0 Å². The molecule has 0 saturated heterocycles. The standard InChI is InChI=1S/C26H30N4O8/c1-33-19-11-17(12-20(34-2)23(19)37-5)29-25(31)27-15-7-9-16(10-8-15)28-26(32)30-18-13-21(35-3)24(38-6)22(14-18)36-4/h7-14H,1-6H3,(H2,27,29,31)(H2,28,30,32). The maximum Gasteiger partial charge on any atom is 0.323 e. The van der Waals surface area contributed by atoms with Gasteiger partial charge in [-0.15, -0.1) is 0 Å². The molecule has 0 atom stereocenters. The van der Waals surface area contributed by atoms with Gasteiger partial charge in [0, 0.05) is 35.6 Å². The minimum Gasteiger partial charge on any atom is -0.493 e. The molecule has 0 aliphatic heterocycles. The fourth-order valence-electron chi connectivity index (χ4n) is 3.53. The van der Waals surface area contributed by atoms with Crippen LogP contribution in [-0.4, -0.2) is 54.7 Å². The van der Waals surface area contributed by atoms with E-state index in [9.17, 15) is 9.59 Å². The van der Waals surface area contributed by atoms with Crippen LogP contribution in [-0.2, 0) is 0 Å². The van der Waals surface area contributed by atoms with E-state index in [1.54, 1.807) is 48.5 Å². The number of hydrogen-bond acceptors (Lipinski definition) is 8. The zero-order valence-corrected chi connectivity index (χ0v) is 21.9. The second kappa shape index (κ2) is 12.8. The van der Waals surface area contributed by atoms with Gasteiger partial charge in [-0.3, -0.25) is 0 Å². The van der Waals surface area contributed by atoms with Crippen molar-refractivity contribution < 1.29 is 38.0 Å². The fourth-order valence-corrected chi connectivity index (χ4v) is 3.53. The molecule has 4 N–H and O–H groups in total. The lowest BCUT2D eigenvalue weighted by Gasteiger charge is -2.15. The van der Waals surface area contributed by atoms with Crippen molar-refractivity contribution in [3.63, 3.8) is 0 Å². The molecule has 0 saturated carbocycles. The summed E-state index contributed by atoms with van der Waals surface area (Å²) in [5.74, 6) is 2.45. The van der Waals surface area contributed by atoms with E-state index in [1.807, 2.05) is 0 Å². The largest absolute Gasteiger partial charge is 0.493 e. The fraction of sp³-hybridized carbons (Fsp3) is 0.231. The number of carbonyl (C=O) groups is 2. The average Bonchev–Trinajstić information content (AvgIpc) is 2.92. The Morgan fingerprint density at radius 2 is 0.711 bits per heavy atom. The highest BCUT2D eigenvalue weighted by atomic mass is 16.5. The molecule has 0 bridgehead atoms. The highest BCUT2D eigenvalue weighted by molar-refractivity contribution is 6.02. The van der Waals surface area contributed by atoms with Gasteiger partial charge in [0.1, 0.15) is 0 Å². The Morgan fingerprint density at radius 3 is 0.947 bits per heavy atom. The maximum atomic E-state index is 12.5. The van der Waals surface area contributed by atoms with Crippen LogP contribution in [0.1, 0.15) is 0 Å². The molecule has 0 radical (unpaired) electrons. The summed E-state index contributed by atoms with van der Waals surface area (Å²) in [5, 5.41) is 10.9. The quantitative estimate of drug-likeness (QED) is 0.289. The van der Waals surface area contributed by atoms with Gasteiger partial charge in [0.25, 0.3) is 0 Å². The average molecular weight is 527 g/mol. The Balaban J connectivity index is 1.61. The Kier molecular flexibility index (Phi) is 9.30. The van der Waals surface area contributed by atoms with Gasteiger partial charge in [-0.2, -0.15) is 0 Å². The molecule has 38 heavy (non-hydrogen) atoms. The van der Waals surface area contributed by atoms with Crippen LogP contribution in [0.3, 0.4) is 0 Å². The number of amides is 4. The van der Waals surface area contributed by atoms with Gasteiger partial charge in [-0.25, -0.2) is 9.59 Å². The highest BCUT2D eigenvalue weighted by Gasteiger charge is 2.16. The Morgan fingerprint density at radius 1 is 0.447 bits per heavy atom. The number of ether oxygens (including phenoxy) is 6. The van der Waals surface area contributed by atoms with Gasteiger partial charge in [0.05, 0.1) is 54.0 Å². The Hall–Kier alpha value is -5.00. The van der Waals surface area contributed by atoms with Crippen molar-refractivity contribution in [2.75, 3.05) is 63.9 Å². The Bertz CT molecular complexity index is 1130. The van der Waals surface area contributed by atoms with Crippen LogP contribution in [0.25, 0.3) is 0 Å². The van der Waals surface area contributed by atoms with Crippen LogP contribution in [0.15, 0.2) is 48.5 Å². The van der Waals surface area contributed by atoms with Crippen molar-refractivity contribution in [2.45, 2.75) is 0 Å². The SMILES string of the molecule is COc1cc(NC(=O)Nc2ccc(NC(=O)Nc3cc(OC)c(OC)c(OC)c3)cc2)cc(OC)c1OC. The van der Waals surface area contributed by atoms with Gasteiger partial charge in [0.2, 0.25) is 11.5 Å². The summed E-state index contributed by atoms with van der Waals surface area (Å²) in [5.41, 5.74) is 1.90. The lowest BCUT2D eigenvalue weighted by molar-refractivity contribution is 0.261. The van der Waals surface area contributed by atoms with Crippen LogP contribution in [0.2, 0.25) is 0 Å².